The molecule has 0 unspecified atom stereocenters. The van der Waals surface area contributed by atoms with Gasteiger partial charge in [0.2, 0.25) is 19.7 Å². The van der Waals surface area contributed by atoms with Gasteiger partial charge in [-0.15, -0.1) is 11.8 Å². The maximum atomic E-state index is 14.4. The number of fused-ring (bicyclic) bond motifs is 9. The van der Waals surface area contributed by atoms with Crippen molar-refractivity contribution in [2.75, 3.05) is 0 Å². The summed E-state index contributed by atoms with van der Waals surface area (Å²) in [4.78, 5) is 1.84. The Kier molecular flexibility index (Phi) is 5.34. The summed E-state index contributed by atoms with van der Waals surface area (Å²) < 4.78 is 56.9. The molecule has 6 atom stereocenters. The normalized spacial score (nSPS) is 32.2. The number of allylic oxidation sites excluding steroid dienone is 2. The van der Waals surface area contributed by atoms with Crippen molar-refractivity contribution in [2.24, 2.45) is 29.6 Å². The van der Waals surface area contributed by atoms with Crippen molar-refractivity contribution in [3.63, 3.8) is 0 Å². The predicted molar refractivity (Wildman–Crippen MR) is 145 cm³/mol. The third kappa shape index (κ3) is 3.26. The first kappa shape index (κ1) is 23.7. The standard InChI is InChI=1S/C30H28O4S3/c31-36(32,23-12-6-2-7-13-23)28-25-19-26(29(28)37(33,34)24-14-8-3-9-15-24)30(35-22-10-4-1-5-11-22)21-17-16-20(18-21)27(25)30/h1-15,20-21,25-27H,16-19H2/t20-,21-,25-,26+,27+,30-/m0/s1. The van der Waals surface area contributed by atoms with Gasteiger partial charge < -0.3 is 0 Å². The number of hydrogen-bond acceptors (Lipinski definition) is 5. The number of hydrogen-bond donors (Lipinski definition) is 0. The predicted octanol–water partition coefficient (Wildman–Crippen LogP) is 6.37. The summed E-state index contributed by atoms with van der Waals surface area (Å²) in [6.45, 7) is 0. The molecule has 0 amide bonds. The van der Waals surface area contributed by atoms with Crippen LogP contribution in [0.5, 0.6) is 0 Å². The van der Waals surface area contributed by atoms with Crippen LogP contribution in [0.15, 0.2) is 115 Å². The summed E-state index contributed by atoms with van der Waals surface area (Å²) >= 11 is 1.83. The summed E-state index contributed by atoms with van der Waals surface area (Å²) in [5.74, 6) is 0.421. The molecule has 4 aliphatic carbocycles. The highest BCUT2D eigenvalue weighted by molar-refractivity contribution is 8.01. The molecule has 0 N–H and O–H groups in total. The van der Waals surface area contributed by atoms with Crippen LogP contribution in [0.3, 0.4) is 0 Å². The number of rotatable bonds is 6. The first-order chi connectivity index (χ1) is 17.8. The molecule has 0 aliphatic heterocycles. The summed E-state index contributed by atoms with van der Waals surface area (Å²) in [7, 11) is -7.98. The van der Waals surface area contributed by atoms with E-state index in [4.69, 9.17) is 0 Å². The number of thioether (sulfide) groups is 1. The molecule has 0 spiro atoms. The quantitative estimate of drug-likeness (QED) is 0.335. The van der Waals surface area contributed by atoms with Crippen molar-refractivity contribution in [2.45, 2.75) is 45.1 Å². The first-order valence-corrected chi connectivity index (χ1v) is 16.7. The van der Waals surface area contributed by atoms with Crippen LogP contribution in [0.1, 0.15) is 25.7 Å². The fourth-order valence-electron chi connectivity index (χ4n) is 8.09. The fourth-order valence-corrected chi connectivity index (χ4v) is 14.4. The largest absolute Gasteiger partial charge is 0.219 e. The summed E-state index contributed by atoms with van der Waals surface area (Å²) in [6.07, 6.45) is 3.86. The minimum Gasteiger partial charge on any atom is -0.219 e. The average molecular weight is 549 g/mol. The molecule has 4 nitrogen and oxygen atoms in total. The second-order valence-corrected chi connectivity index (χ2v) is 16.0. The van der Waals surface area contributed by atoms with Crippen LogP contribution < -0.4 is 0 Å². The van der Waals surface area contributed by atoms with Crippen LogP contribution in [-0.2, 0) is 19.7 Å². The molecule has 0 saturated heterocycles. The molecule has 3 saturated carbocycles. The lowest BCUT2D eigenvalue weighted by molar-refractivity contribution is 0.235. The van der Waals surface area contributed by atoms with Crippen LogP contribution in [0.25, 0.3) is 0 Å². The minimum absolute atomic E-state index is 0.166. The van der Waals surface area contributed by atoms with Gasteiger partial charge >= 0.3 is 0 Å². The van der Waals surface area contributed by atoms with Gasteiger partial charge in [-0.3, -0.25) is 0 Å². The maximum absolute atomic E-state index is 14.4. The molecule has 4 aliphatic rings. The zero-order valence-electron chi connectivity index (χ0n) is 20.2. The molecule has 3 fully saturated rings. The molecule has 190 valence electrons. The van der Waals surface area contributed by atoms with Crippen molar-refractivity contribution in [1.29, 1.82) is 0 Å². The van der Waals surface area contributed by atoms with Gasteiger partial charge in [-0.25, -0.2) is 16.8 Å². The van der Waals surface area contributed by atoms with Gasteiger partial charge in [0.25, 0.3) is 0 Å². The molecule has 7 heteroatoms. The zero-order chi connectivity index (χ0) is 25.4. The number of benzene rings is 3. The molecule has 3 aromatic carbocycles. The van der Waals surface area contributed by atoms with Crippen molar-refractivity contribution in [1.82, 2.24) is 0 Å². The molecule has 37 heavy (non-hydrogen) atoms. The van der Waals surface area contributed by atoms with Gasteiger partial charge in [0.15, 0.2) is 0 Å². The highest BCUT2D eigenvalue weighted by Gasteiger charge is 2.74. The second kappa shape index (κ2) is 8.32. The van der Waals surface area contributed by atoms with Gasteiger partial charge in [0.1, 0.15) is 0 Å². The smallest absolute Gasteiger partial charge is 0.204 e. The van der Waals surface area contributed by atoms with Crippen LogP contribution >= 0.6 is 11.8 Å². The third-order valence-electron chi connectivity index (χ3n) is 9.23. The lowest BCUT2D eigenvalue weighted by Crippen LogP contribution is -2.47. The van der Waals surface area contributed by atoms with Gasteiger partial charge in [0, 0.05) is 21.5 Å². The van der Waals surface area contributed by atoms with E-state index in [2.05, 4.69) is 12.1 Å². The van der Waals surface area contributed by atoms with E-state index in [1.807, 2.05) is 30.0 Å². The van der Waals surface area contributed by atoms with E-state index in [1.165, 1.54) is 0 Å². The summed E-state index contributed by atoms with van der Waals surface area (Å²) in [5, 5.41) is 0. The molecular weight excluding hydrogens is 521 g/mol. The first-order valence-electron chi connectivity index (χ1n) is 12.9. The Bertz CT molecular complexity index is 1600. The van der Waals surface area contributed by atoms with Gasteiger partial charge in [-0.05, 0) is 79.8 Å². The second-order valence-electron chi connectivity index (χ2n) is 10.8. The average Bonchev–Trinajstić information content (AvgIpc) is 3.69. The Balaban J connectivity index is 1.49. The van der Waals surface area contributed by atoms with Crippen LogP contribution in [0, 0.1) is 29.6 Å². The molecule has 0 aromatic heterocycles. The van der Waals surface area contributed by atoms with Crippen molar-refractivity contribution in [3.05, 3.63) is 101 Å². The Morgan fingerprint density at radius 1 is 0.649 bits per heavy atom. The zero-order valence-corrected chi connectivity index (χ0v) is 22.7. The number of sulfone groups is 2. The van der Waals surface area contributed by atoms with Crippen molar-refractivity contribution < 1.29 is 16.8 Å². The fraction of sp³-hybridized carbons (Fsp3) is 0.333. The molecule has 4 bridgehead atoms. The van der Waals surface area contributed by atoms with Gasteiger partial charge in [-0.1, -0.05) is 54.6 Å². The molecule has 7 rings (SSSR count). The van der Waals surface area contributed by atoms with Crippen molar-refractivity contribution >= 4 is 31.4 Å². The topological polar surface area (TPSA) is 68.3 Å². The molecular formula is C30H28O4S3. The van der Waals surface area contributed by atoms with Crippen LogP contribution in [-0.4, -0.2) is 21.6 Å². The summed E-state index contributed by atoms with van der Waals surface area (Å²) in [5.41, 5.74) is 0. The Morgan fingerprint density at radius 3 is 1.78 bits per heavy atom. The van der Waals surface area contributed by atoms with Gasteiger partial charge in [0.05, 0.1) is 19.6 Å². The third-order valence-corrected chi connectivity index (χ3v) is 15.1. The summed E-state index contributed by atoms with van der Waals surface area (Å²) in [6, 6.07) is 27.0. The van der Waals surface area contributed by atoms with E-state index in [-0.39, 0.29) is 42.1 Å². The molecule has 3 aromatic rings. The van der Waals surface area contributed by atoms with Crippen LogP contribution in [0.4, 0.5) is 0 Å². The van der Waals surface area contributed by atoms with E-state index in [9.17, 15) is 16.8 Å². The lowest BCUT2D eigenvalue weighted by atomic mass is 9.72. The van der Waals surface area contributed by atoms with E-state index in [1.54, 1.807) is 60.7 Å². The Hall–Kier alpha value is -2.35. The Morgan fingerprint density at radius 2 is 1.19 bits per heavy atom. The molecule has 0 radical (unpaired) electrons. The highest BCUT2D eigenvalue weighted by atomic mass is 32.2. The lowest BCUT2D eigenvalue weighted by Gasteiger charge is -2.47. The maximum Gasteiger partial charge on any atom is 0.204 e. The highest BCUT2D eigenvalue weighted by Crippen LogP contribution is 2.77. The van der Waals surface area contributed by atoms with E-state index in [0.29, 0.717) is 18.3 Å². The minimum atomic E-state index is -4.01. The van der Waals surface area contributed by atoms with E-state index in [0.717, 1.165) is 24.2 Å². The monoisotopic (exact) mass is 548 g/mol. The van der Waals surface area contributed by atoms with Gasteiger partial charge in [-0.2, -0.15) is 0 Å². The molecule has 0 heterocycles. The van der Waals surface area contributed by atoms with Crippen LogP contribution in [0.2, 0.25) is 0 Å². The SMILES string of the molecule is O=S(=O)(C1=C(S(=O)(=O)c2ccccc2)[C@H]2C[C@H]1[C@H]1[C@H]3CC[C@@H](C3)[C@@]12Sc1ccccc1)c1ccccc1. The Labute approximate surface area is 223 Å². The van der Waals surface area contributed by atoms with E-state index >= 15 is 0 Å². The van der Waals surface area contributed by atoms with E-state index < -0.39 is 19.7 Å². The van der Waals surface area contributed by atoms with Crippen molar-refractivity contribution in [3.8, 4) is 0 Å².